The van der Waals surface area contributed by atoms with E-state index in [9.17, 15) is 22.8 Å². The first-order valence-electron chi connectivity index (χ1n) is 12.0. The van der Waals surface area contributed by atoms with E-state index in [1.165, 1.54) is 16.7 Å². The van der Waals surface area contributed by atoms with E-state index in [2.05, 4.69) is 20.8 Å². The predicted molar refractivity (Wildman–Crippen MR) is 144 cm³/mol. The highest BCUT2D eigenvalue weighted by atomic mass is 32.2. The zero-order chi connectivity index (χ0) is 28.2. The molecule has 202 valence electrons. The molecule has 7 nitrogen and oxygen atoms in total. The lowest BCUT2D eigenvalue weighted by molar-refractivity contribution is -0.137. The van der Waals surface area contributed by atoms with Crippen LogP contribution in [0.1, 0.15) is 38.4 Å². The van der Waals surface area contributed by atoms with Crippen LogP contribution >= 0.6 is 11.8 Å². The summed E-state index contributed by atoms with van der Waals surface area (Å²) in [6, 6.07) is 17.3. The summed E-state index contributed by atoms with van der Waals surface area (Å²) in [5.74, 6) is -0.509. The van der Waals surface area contributed by atoms with Gasteiger partial charge in [0.1, 0.15) is 0 Å². The van der Waals surface area contributed by atoms with E-state index in [-0.39, 0.29) is 40.8 Å². The van der Waals surface area contributed by atoms with Crippen molar-refractivity contribution in [1.29, 1.82) is 0 Å². The Morgan fingerprint density at radius 2 is 1.69 bits per heavy atom. The number of anilines is 1. The van der Waals surface area contributed by atoms with Gasteiger partial charge < -0.3 is 10.6 Å². The van der Waals surface area contributed by atoms with Gasteiger partial charge in [-0.15, -0.1) is 10.2 Å². The number of carbonyl (C=O) groups excluding carboxylic acids is 2. The topological polar surface area (TPSA) is 88.9 Å². The van der Waals surface area contributed by atoms with E-state index < -0.39 is 11.7 Å². The second kappa shape index (κ2) is 11.7. The number of alkyl halides is 3. The fourth-order valence-corrected chi connectivity index (χ4v) is 4.55. The van der Waals surface area contributed by atoms with E-state index in [1.54, 1.807) is 18.2 Å². The van der Waals surface area contributed by atoms with Crippen LogP contribution in [-0.4, -0.2) is 32.3 Å². The maximum absolute atomic E-state index is 13.4. The maximum atomic E-state index is 13.4. The van der Waals surface area contributed by atoms with E-state index in [0.717, 1.165) is 40.6 Å². The first-order chi connectivity index (χ1) is 18.5. The van der Waals surface area contributed by atoms with Gasteiger partial charge in [-0.05, 0) is 79.9 Å². The van der Waals surface area contributed by atoms with Gasteiger partial charge in [-0.3, -0.25) is 14.2 Å². The highest BCUT2D eigenvalue weighted by molar-refractivity contribution is 7.99. The summed E-state index contributed by atoms with van der Waals surface area (Å²) >= 11 is 1.03. The summed E-state index contributed by atoms with van der Waals surface area (Å²) < 4.78 is 41.8. The number of amides is 2. The number of aryl methyl sites for hydroxylation is 3. The molecule has 0 bridgehead atoms. The molecule has 0 saturated heterocycles. The molecule has 0 atom stereocenters. The van der Waals surface area contributed by atoms with Crippen LogP contribution in [0, 0.1) is 20.8 Å². The van der Waals surface area contributed by atoms with Gasteiger partial charge in [0, 0.05) is 11.3 Å². The summed E-state index contributed by atoms with van der Waals surface area (Å²) in [7, 11) is 0. The number of thioether (sulfide) groups is 1. The summed E-state index contributed by atoms with van der Waals surface area (Å²) in [4.78, 5) is 25.3. The summed E-state index contributed by atoms with van der Waals surface area (Å²) in [6.07, 6.45) is -4.55. The minimum Gasteiger partial charge on any atom is -0.345 e. The van der Waals surface area contributed by atoms with Crippen molar-refractivity contribution in [3.63, 3.8) is 0 Å². The minimum atomic E-state index is -4.55. The normalized spacial score (nSPS) is 11.3. The van der Waals surface area contributed by atoms with E-state index in [0.29, 0.717) is 11.3 Å². The number of benzene rings is 3. The van der Waals surface area contributed by atoms with Crippen molar-refractivity contribution in [1.82, 2.24) is 20.1 Å². The Bertz CT molecular complexity index is 1520. The van der Waals surface area contributed by atoms with Crippen LogP contribution in [0.2, 0.25) is 0 Å². The number of rotatable bonds is 8. The van der Waals surface area contributed by atoms with E-state index in [1.807, 2.05) is 45.0 Å². The molecule has 0 fully saturated rings. The molecule has 0 aliphatic carbocycles. The van der Waals surface area contributed by atoms with Crippen LogP contribution in [0.3, 0.4) is 0 Å². The zero-order valence-electron chi connectivity index (χ0n) is 21.5. The van der Waals surface area contributed by atoms with Crippen molar-refractivity contribution >= 4 is 29.3 Å². The third kappa shape index (κ3) is 7.05. The molecule has 3 aromatic carbocycles. The lowest BCUT2D eigenvalue weighted by Crippen LogP contribution is -2.25. The van der Waals surface area contributed by atoms with E-state index in [4.69, 9.17) is 0 Å². The Morgan fingerprint density at radius 1 is 0.923 bits per heavy atom. The highest BCUT2D eigenvalue weighted by Gasteiger charge is 2.31. The Balaban J connectivity index is 1.57. The first kappa shape index (κ1) is 27.9. The number of aromatic nitrogens is 3. The van der Waals surface area contributed by atoms with Crippen LogP contribution in [-0.2, 0) is 17.5 Å². The molecule has 4 rings (SSSR count). The van der Waals surface area contributed by atoms with Crippen molar-refractivity contribution in [2.24, 2.45) is 0 Å². The third-order valence-electron chi connectivity index (χ3n) is 5.94. The number of nitrogens with one attached hydrogen (secondary N) is 2. The minimum absolute atomic E-state index is 0.0555. The average Bonchev–Trinajstić information content (AvgIpc) is 3.30. The number of carbonyl (C=O) groups is 2. The van der Waals surface area contributed by atoms with Crippen LogP contribution in [0.4, 0.5) is 18.9 Å². The maximum Gasteiger partial charge on any atom is 0.416 e. The van der Waals surface area contributed by atoms with Gasteiger partial charge >= 0.3 is 6.18 Å². The summed E-state index contributed by atoms with van der Waals surface area (Å²) in [6.45, 7) is 5.65. The van der Waals surface area contributed by atoms with Gasteiger partial charge in [-0.2, -0.15) is 13.2 Å². The summed E-state index contributed by atoms with van der Waals surface area (Å²) in [5.41, 5.74) is 3.39. The molecule has 39 heavy (non-hydrogen) atoms. The Morgan fingerprint density at radius 3 is 2.41 bits per heavy atom. The lowest BCUT2D eigenvalue weighted by atomic mass is 10.1. The molecule has 11 heteroatoms. The smallest absolute Gasteiger partial charge is 0.345 e. The zero-order valence-corrected chi connectivity index (χ0v) is 22.3. The molecule has 0 aliphatic heterocycles. The number of nitrogens with zero attached hydrogens (tertiary/aromatic N) is 3. The van der Waals surface area contributed by atoms with Gasteiger partial charge in [-0.1, -0.05) is 36.0 Å². The van der Waals surface area contributed by atoms with Gasteiger partial charge in [0.2, 0.25) is 5.91 Å². The standard InChI is InChI=1S/C28H26F3N5O2S/c1-17-6-4-8-22(12-17)33-25(37)16-39-27-35-34-24(15-32-26(38)20-11-10-18(2)19(3)13-20)36(27)23-9-5-7-21(14-23)28(29,30)31/h4-14H,15-16H2,1-3H3,(H,32,38)(H,33,37). The van der Waals surface area contributed by atoms with Crippen LogP contribution in [0.5, 0.6) is 0 Å². The lowest BCUT2D eigenvalue weighted by Gasteiger charge is -2.14. The van der Waals surface area contributed by atoms with Gasteiger partial charge in [0.05, 0.1) is 23.5 Å². The Labute approximate surface area is 227 Å². The molecule has 0 saturated carbocycles. The Kier molecular flexibility index (Phi) is 8.39. The summed E-state index contributed by atoms with van der Waals surface area (Å²) in [5, 5.41) is 14.0. The highest BCUT2D eigenvalue weighted by Crippen LogP contribution is 2.31. The Hall–Kier alpha value is -4.12. The second-order valence-corrected chi connectivity index (χ2v) is 9.91. The number of hydrogen-bond donors (Lipinski definition) is 2. The van der Waals surface area contributed by atoms with Crippen LogP contribution < -0.4 is 10.6 Å². The molecule has 4 aromatic rings. The third-order valence-corrected chi connectivity index (χ3v) is 6.87. The quantitative estimate of drug-likeness (QED) is 0.267. The predicted octanol–water partition coefficient (Wildman–Crippen LogP) is 5.87. The SMILES string of the molecule is Cc1cccc(NC(=O)CSc2nnc(CNC(=O)c3ccc(C)c(C)c3)n2-c2cccc(C(F)(F)F)c2)c1. The molecule has 0 radical (unpaired) electrons. The molecular formula is C28H26F3N5O2S. The number of halogens is 3. The van der Waals surface area contributed by atoms with Crippen molar-refractivity contribution in [3.05, 3.63) is 100 Å². The van der Waals surface area contributed by atoms with Crippen molar-refractivity contribution in [3.8, 4) is 5.69 Å². The van der Waals surface area contributed by atoms with Gasteiger partial charge in [0.25, 0.3) is 5.91 Å². The van der Waals surface area contributed by atoms with Crippen molar-refractivity contribution in [2.45, 2.75) is 38.6 Å². The molecule has 1 aromatic heterocycles. The van der Waals surface area contributed by atoms with Crippen LogP contribution in [0.15, 0.2) is 71.9 Å². The molecule has 1 heterocycles. The van der Waals surface area contributed by atoms with Crippen molar-refractivity contribution in [2.75, 3.05) is 11.1 Å². The van der Waals surface area contributed by atoms with Gasteiger partial charge in [0.15, 0.2) is 11.0 Å². The first-order valence-corrected chi connectivity index (χ1v) is 13.0. The monoisotopic (exact) mass is 553 g/mol. The van der Waals surface area contributed by atoms with Gasteiger partial charge in [-0.25, -0.2) is 0 Å². The molecule has 2 N–H and O–H groups in total. The molecule has 0 spiro atoms. The fraction of sp³-hybridized carbons (Fsp3) is 0.214. The van der Waals surface area contributed by atoms with Crippen molar-refractivity contribution < 1.29 is 22.8 Å². The molecule has 0 aliphatic rings. The fourth-order valence-electron chi connectivity index (χ4n) is 3.78. The number of hydrogen-bond acceptors (Lipinski definition) is 5. The largest absolute Gasteiger partial charge is 0.416 e. The second-order valence-electron chi connectivity index (χ2n) is 8.97. The molecule has 2 amide bonds. The van der Waals surface area contributed by atoms with Crippen LogP contribution in [0.25, 0.3) is 5.69 Å². The average molecular weight is 554 g/mol. The molecular weight excluding hydrogens is 527 g/mol. The molecule has 0 unspecified atom stereocenters. The van der Waals surface area contributed by atoms with E-state index >= 15 is 0 Å².